The fraction of sp³-hybridized carbons (Fsp3) is 0.632. The largest absolute Gasteiger partial charge is 0.493 e. The van der Waals surface area contributed by atoms with Gasteiger partial charge in [-0.05, 0) is 19.3 Å². The lowest BCUT2D eigenvalue weighted by molar-refractivity contribution is -0.119. The number of thioether (sulfide) groups is 1. The number of hydrogen-bond donors (Lipinski definition) is 0. The van der Waals surface area contributed by atoms with Gasteiger partial charge in [0.2, 0.25) is 0 Å². The Balaban J connectivity index is 1.41. The fourth-order valence-corrected chi connectivity index (χ4v) is 4.49. The molecule has 0 N–H and O–H groups in total. The summed E-state index contributed by atoms with van der Waals surface area (Å²) in [4.78, 5) is 20.8. The SMILES string of the molecule is O=C1N=C(CSC2CCOCC2)N=C2C=C(OC[C@@H]3CCOC3)C=C(F)C12. The van der Waals surface area contributed by atoms with E-state index in [-0.39, 0.29) is 0 Å². The molecule has 1 aliphatic carbocycles. The van der Waals surface area contributed by atoms with E-state index < -0.39 is 17.7 Å². The lowest BCUT2D eigenvalue weighted by Crippen LogP contribution is -2.31. The highest BCUT2D eigenvalue weighted by molar-refractivity contribution is 8.00. The number of carbonyl (C=O) groups excluding carboxylic acids is 1. The maximum atomic E-state index is 14.4. The van der Waals surface area contributed by atoms with Gasteiger partial charge in [-0.25, -0.2) is 9.38 Å². The molecule has 0 saturated carbocycles. The molecular formula is C19H23FN2O4S. The van der Waals surface area contributed by atoms with E-state index in [1.807, 2.05) is 0 Å². The molecule has 0 aromatic heterocycles. The summed E-state index contributed by atoms with van der Waals surface area (Å²) in [6, 6.07) is 0. The Morgan fingerprint density at radius 1 is 1.15 bits per heavy atom. The maximum Gasteiger partial charge on any atom is 0.263 e. The van der Waals surface area contributed by atoms with Crippen molar-refractivity contribution in [3.63, 3.8) is 0 Å². The second-order valence-electron chi connectivity index (χ2n) is 7.08. The average molecular weight is 394 g/mol. The number of halogens is 1. The highest BCUT2D eigenvalue weighted by atomic mass is 32.2. The number of hydrogen-bond acceptors (Lipinski definition) is 6. The van der Waals surface area contributed by atoms with Crippen LogP contribution in [0.3, 0.4) is 0 Å². The summed E-state index contributed by atoms with van der Waals surface area (Å²) in [5.41, 5.74) is 0.384. The summed E-state index contributed by atoms with van der Waals surface area (Å²) in [5.74, 6) is -0.346. The Bertz CT molecular complexity index is 706. The maximum absolute atomic E-state index is 14.4. The molecule has 2 fully saturated rings. The fourth-order valence-electron chi connectivity index (χ4n) is 3.45. The standard InChI is InChI=1S/C19H23FN2O4S/c20-15-7-13(26-10-12-1-4-25-9-12)8-16-18(15)19(23)22-17(21-16)11-27-14-2-5-24-6-3-14/h7-8,12,14,18H,1-6,9-11H2/t12-,18?/m1/s1. The summed E-state index contributed by atoms with van der Waals surface area (Å²) in [5, 5.41) is 0.487. The minimum absolute atomic E-state index is 0.322. The van der Waals surface area contributed by atoms with Gasteiger partial charge in [0.1, 0.15) is 23.3 Å². The molecule has 0 aromatic carbocycles. The number of carbonyl (C=O) groups is 1. The number of nitrogens with zero attached hydrogens (tertiary/aromatic N) is 2. The van der Waals surface area contributed by atoms with E-state index in [4.69, 9.17) is 14.2 Å². The zero-order valence-electron chi connectivity index (χ0n) is 15.1. The summed E-state index contributed by atoms with van der Waals surface area (Å²) in [7, 11) is 0. The van der Waals surface area contributed by atoms with Gasteiger partial charge in [0.25, 0.3) is 5.91 Å². The van der Waals surface area contributed by atoms with Crippen LogP contribution in [0.4, 0.5) is 4.39 Å². The van der Waals surface area contributed by atoms with E-state index in [2.05, 4.69) is 9.98 Å². The molecule has 6 nitrogen and oxygen atoms in total. The van der Waals surface area contributed by atoms with E-state index in [1.165, 1.54) is 6.08 Å². The smallest absolute Gasteiger partial charge is 0.263 e. The summed E-state index contributed by atoms with van der Waals surface area (Å²) in [6.07, 6.45) is 5.86. The van der Waals surface area contributed by atoms with Gasteiger partial charge in [-0.3, -0.25) is 4.79 Å². The molecule has 0 spiro atoms. The van der Waals surface area contributed by atoms with Crippen LogP contribution in [0.2, 0.25) is 0 Å². The highest BCUT2D eigenvalue weighted by Gasteiger charge is 2.35. The Hall–Kier alpha value is -1.51. The van der Waals surface area contributed by atoms with Crippen LogP contribution in [-0.4, -0.2) is 61.5 Å². The minimum Gasteiger partial charge on any atom is -0.493 e. The molecule has 8 heteroatoms. The van der Waals surface area contributed by atoms with Crippen molar-refractivity contribution < 1.29 is 23.4 Å². The van der Waals surface area contributed by atoms with Crippen molar-refractivity contribution in [3.05, 3.63) is 23.7 Å². The van der Waals surface area contributed by atoms with Crippen molar-refractivity contribution in [3.8, 4) is 0 Å². The molecule has 4 aliphatic rings. The molecule has 146 valence electrons. The highest BCUT2D eigenvalue weighted by Crippen LogP contribution is 2.29. The van der Waals surface area contributed by atoms with Crippen molar-refractivity contribution >= 4 is 29.2 Å². The number of rotatable bonds is 6. The van der Waals surface area contributed by atoms with Crippen LogP contribution in [0, 0.1) is 11.8 Å². The molecule has 3 heterocycles. The van der Waals surface area contributed by atoms with Crippen molar-refractivity contribution in [1.82, 2.24) is 0 Å². The lowest BCUT2D eigenvalue weighted by Gasteiger charge is -2.24. The van der Waals surface area contributed by atoms with Crippen molar-refractivity contribution in [2.24, 2.45) is 21.8 Å². The van der Waals surface area contributed by atoms with Crippen LogP contribution >= 0.6 is 11.8 Å². The predicted octanol–water partition coefficient (Wildman–Crippen LogP) is 2.70. The normalized spacial score (nSPS) is 28.9. The molecule has 27 heavy (non-hydrogen) atoms. The quantitative estimate of drug-likeness (QED) is 0.693. The van der Waals surface area contributed by atoms with E-state index in [0.717, 1.165) is 39.1 Å². The second-order valence-corrected chi connectivity index (χ2v) is 8.36. The van der Waals surface area contributed by atoms with Crippen molar-refractivity contribution in [1.29, 1.82) is 0 Å². The summed E-state index contributed by atoms with van der Waals surface area (Å²) in [6.45, 7) is 3.42. The van der Waals surface area contributed by atoms with E-state index >= 15 is 0 Å². The van der Waals surface area contributed by atoms with E-state index in [0.29, 0.717) is 47.4 Å². The molecule has 0 radical (unpaired) electrons. The number of aliphatic imine (C=N–C) groups is 2. The summed E-state index contributed by atoms with van der Waals surface area (Å²) < 4.78 is 30.9. The molecule has 0 bridgehead atoms. The zero-order valence-corrected chi connectivity index (χ0v) is 15.9. The number of allylic oxidation sites excluding steroid dienone is 2. The molecular weight excluding hydrogens is 371 g/mol. The average Bonchev–Trinajstić information content (AvgIpc) is 3.19. The van der Waals surface area contributed by atoms with Gasteiger partial charge in [-0.15, -0.1) is 0 Å². The van der Waals surface area contributed by atoms with Crippen LogP contribution in [-0.2, 0) is 19.0 Å². The first-order valence-electron chi connectivity index (χ1n) is 9.37. The van der Waals surface area contributed by atoms with Crippen molar-refractivity contribution in [2.45, 2.75) is 24.5 Å². The lowest BCUT2D eigenvalue weighted by atomic mass is 9.94. The van der Waals surface area contributed by atoms with Gasteiger partial charge in [0.05, 0.1) is 24.7 Å². The van der Waals surface area contributed by atoms with E-state index in [1.54, 1.807) is 17.8 Å². The van der Waals surface area contributed by atoms with Crippen LogP contribution in [0.1, 0.15) is 19.3 Å². The van der Waals surface area contributed by atoms with Crippen LogP contribution < -0.4 is 0 Å². The van der Waals surface area contributed by atoms with Gasteiger partial charge in [-0.2, -0.15) is 16.8 Å². The molecule has 1 unspecified atom stereocenters. The topological polar surface area (TPSA) is 69.5 Å². The monoisotopic (exact) mass is 394 g/mol. The zero-order chi connectivity index (χ0) is 18.6. The molecule has 2 saturated heterocycles. The number of ether oxygens (including phenoxy) is 3. The van der Waals surface area contributed by atoms with Gasteiger partial charge in [0, 0.05) is 43.1 Å². The first-order chi connectivity index (χ1) is 13.2. The number of amides is 1. The van der Waals surface area contributed by atoms with Crippen LogP contribution in [0.25, 0.3) is 0 Å². The van der Waals surface area contributed by atoms with Crippen LogP contribution in [0.5, 0.6) is 0 Å². The third-order valence-electron chi connectivity index (χ3n) is 5.01. The number of fused-ring (bicyclic) bond motifs is 1. The molecule has 0 aromatic rings. The Morgan fingerprint density at radius 2 is 1.96 bits per heavy atom. The Morgan fingerprint density at radius 3 is 2.74 bits per heavy atom. The second kappa shape index (κ2) is 8.67. The van der Waals surface area contributed by atoms with Gasteiger partial charge in [0.15, 0.2) is 0 Å². The van der Waals surface area contributed by atoms with Gasteiger partial charge < -0.3 is 14.2 Å². The summed E-state index contributed by atoms with van der Waals surface area (Å²) >= 11 is 1.73. The molecule has 2 atom stereocenters. The first-order valence-corrected chi connectivity index (χ1v) is 10.4. The van der Waals surface area contributed by atoms with Gasteiger partial charge >= 0.3 is 0 Å². The van der Waals surface area contributed by atoms with Gasteiger partial charge in [-0.1, -0.05) is 0 Å². The van der Waals surface area contributed by atoms with E-state index in [9.17, 15) is 9.18 Å². The predicted molar refractivity (Wildman–Crippen MR) is 102 cm³/mol. The third-order valence-corrected chi connectivity index (χ3v) is 6.38. The molecule has 3 aliphatic heterocycles. The Kier molecular flexibility index (Phi) is 6.04. The minimum atomic E-state index is -1.02. The molecule has 1 amide bonds. The third kappa shape index (κ3) is 4.67. The van der Waals surface area contributed by atoms with Crippen molar-refractivity contribution in [2.75, 3.05) is 38.8 Å². The molecule has 4 rings (SSSR count). The number of amidine groups is 1. The first kappa shape index (κ1) is 18.8. The Labute approximate surface area is 161 Å². The van der Waals surface area contributed by atoms with Crippen LogP contribution in [0.15, 0.2) is 33.7 Å².